The van der Waals surface area contributed by atoms with Crippen molar-refractivity contribution in [3.05, 3.63) is 11.1 Å². The summed E-state index contributed by atoms with van der Waals surface area (Å²) >= 11 is 0.870. The van der Waals surface area contributed by atoms with Crippen molar-refractivity contribution in [2.24, 2.45) is 0 Å². The highest BCUT2D eigenvalue weighted by atomic mass is 32.1. The van der Waals surface area contributed by atoms with E-state index in [2.05, 4.69) is 9.59 Å². The molecule has 10 heavy (non-hydrogen) atoms. The topological polar surface area (TPSA) is 42.9 Å². The van der Waals surface area contributed by atoms with E-state index >= 15 is 0 Å². The van der Waals surface area contributed by atoms with Gasteiger partial charge in [0.15, 0.2) is 0 Å². The molecule has 1 rings (SSSR count). The minimum atomic E-state index is -2.98. The molecule has 0 atom stereocenters. The van der Waals surface area contributed by atoms with Crippen LogP contribution in [0.25, 0.3) is 0 Å². The summed E-state index contributed by atoms with van der Waals surface area (Å²) < 4.78 is 26.4. The van der Waals surface area contributed by atoms with Crippen molar-refractivity contribution < 1.29 is 13.6 Å². The Morgan fingerprint density at radius 1 is 1.70 bits per heavy atom. The maximum atomic E-state index is 11.6. The Hall–Kier alpha value is -0.910. The summed E-state index contributed by atoms with van der Waals surface area (Å²) in [6.07, 6.45) is -2.98. The lowest BCUT2D eigenvalue weighted by molar-refractivity contribution is 0.0673. The molecule has 0 unspecified atom stereocenters. The Balaban J connectivity index is 2.78. The first kappa shape index (κ1) is 7.20. The van der Waals surface area contributed by atoms with E-state index in [0.717, 1.165) is 11.5 Å². The highest BCUT2D eigenvalue weighted by Crippen LogP contribution is 2.05. The third-order valence-electron chi connectivity index (χ3n) is 0.811. The minimum Gasteiger partial charge on any atom is -0.286 e. The smallest absolute Gasteiger partial charge is 0.286 e. The molecular weight excluding hydrogens is 162 g/mol. The van der Waals surface area contributed by atoms with E-state index in [1.165, 1.54) is 5.38 Å². The zero-order valence-corrected chi connectivity index (χ0v) is 5.44. The Morgan fingerprint density at radius 2 is 2.40 bits per heavy atom. The third-order valence-corrected chi connectivity index (χ3v) is 1.32. The molecule has 1 aromatic rings. The van der Waals surface area contributed by atoms with Crippen molar-refractivity contribution >= 4 is 17.3 Å². The normalized spacial score (nSPS) is 10.3. The fourth-order valence-electron chi connectivity index (χ4n) is 0.384. The second kappa shape index (κ2) is 2.78. The largest absolute Gasteiger partial charge is 0.302 e. The molecule has 0 saturated carbocycles. The molecule has 0 fully saturated rings. The Bertz CT molecular complexity index is 223. The van der Waals surface area contributed by atoms with Crippen LogP contribution in [0.2, 0.25) is 0 Å². The molecule has 0 aliphatic carbocycles. The van der Waals surface area contributed by atoms with Gasteiger partial charge < -0.3 is 0 Å². The number of alkyl halides is 2. The standard InChI is InChI=1S/C4H2F2N2OS/c5-4(6)3(9)2-1-10-8-7-2/h1,4H. The van der Waals surface area contributed by atoms with Crippen molar-refractivity contribution in [2.75, 3.05) is 0 Å². The van der Waals surface area contributed by atoms with Gasteiger partial charge in [0.25, 0.3) is 0 Å². The van der Waals surface area contributed by atoms with Gasteiger partial charge in [0.05, 0.1) is 0 Å². The van der Waals surface area contributed by atoms with Gasteiger partial charge in [-0.1, -0.05) is 4.49 Å². The van der Waals surface area contributed by atoms with Crippen LogP contribution in [0.4, 0.5) is 8.78 Å². The average Bonchev–Trinajstić information content (AvgIpc) is 2.36. The summed E-state index contributed by atoms with van der Waals surface area (Å²) in [5.74, 6) is -1.27. The van der Waals surface area contributed by atoms with Crippen LogP contribution < -0.4 is 0 Å². The molecule has 0 radical (unpaired) electrons. The van der Waals surface area contributed by atoms with Gasteiger partial charge in [-0.05, 0) is 11.5 Å². The maximum Gasteiger partial charge on any atom is 0.302 e. The summed E-state index contributed by atoms with van der Waals surface area (Å²) in [5, 5.41) is 4.37. The van der Waals surface area contributed by atoms with Crippen molar-refractivity contribution in [1.29, 1.82) is 0 Å². The molecule has 0 spiro atoms. The summed E-state index contributed by atoms with van der Waals surface area (Å²) in [6.45, 7) is 0. The van der Waals surface area contributed by atoms with Gasteiger partial charge in [-0.25, -0.2) is 8.78 Å². The highest BCUT2D eigenvalue weighted by molar-refractivity contribution is 7.03. The van der Waals surface area contributed by atoms with Gasteiger partial charge in [0.2, 0.25) is 5.78 Å². The van der Waals surface area contributed by atoms with Gasteiger partial charge in [-0.2, -0.15) is 0 Å². The van der Waals surface area contributed by atoms with Crippen LogP contribution in [-0.2, 0) is 0 Å². The highest BCUT2D eigenvalue weighted by Gasteiger charge is 2.19. The fourth-order valence-corrected chi connectivity index (χ4v) is 0.829. The predicted octanol–water partition coefficient (Wildman–Crippen LogP) is 0.986. The summed E-state index contributed by atoms with van der Waals surface area (Å²) in [7, 11) is 0. The van der Waals surface area contributed by atoms with E-state index in [0.29, 0.717) is 0 Å². The molecule has 0 amide bonds. The number of Topliss-reactive ketones (excluding diaryl/α,β-unsaturated/α-hetero) is 1. The minimum absolute atomic E-state index is 0.264. The van der Waals surface area contributed by atoms with Crippen molar-refractivity contribution in [2.45, 2.75) is 6.43 Å². The average molecular weight is 164 g/mol. The Morgan fingerprint density at radius 3 is 2.80 bits per heavy atom. The van der Waals surface area contributed by atoms with E-state index in [1.807, 2.05) is 0 Å². The lowest BCUT2D eigenvalue weighted by Crippen LogP contribution is -2.10. The Kier molecular flexibility index (Phi) is 2.00. The fraction of sp³-hybridized carbons (Fsp3) is 0.250. The second-order valence-electron chi connectivity index (χ2n) is 1.46. The van der Waals surface area contributed by atoms with Crippen LogP contribution >= 0.6 is 11.5 Å². The van der Waals surface area contributed by atoms with Crippen LogP contribution in [0.15, 0.2) is 5.38 Å². The van der Waals surface area contributed by atoms with Gasteiger partial charge in [-0.15, -0.1) is 5.10 Å². The molecule has 0 bridgehead atoms. The molecule has 0 N–H and O–H groups in total. The predicted molar refractivity (Wildman–Crippen MR) is 30.2 cm³/mol. The number of ketones is 1. The summed E-state index contributed by atoms with van der Waals surface area (Å²) in [5.41, 5.74) is -0.264. The first-order chi connectivity index (χ1) is 4.72. The molecule has 3 nitrogen and oxygen atoms in total. The molecule has 6 heteroatoms. The van der Waals surface area contributed by atoms with Crippen molar-refractivity contribution in [1.82, 2.24) is 9.59 Å². The van der Waals surface area contributed by atoms with Crippen molar-refractivity contribution in [3.63, 3.8) is 0 Å². The number of hydrogen-bond acceptors (Lipinski definition) is 4. The molecule has 0 aliphatic rings. The van der Waals surface area contributed by atoms with E-state index in [1.54, 1.807) is 0 Å². The number of carbonyl (C=O) groups is 1. The number of rotatable bonds is 2. The number of halogens is 2. The number of aromatic nitrogens is 2. The number of carbonyl (C=O) groups excluding carboxylic acids is 1. The number of hydrogen-bond donors (Lipinski definition) is 0. The first-order valence-electron chi connectivity index (χ1n) is 2.31. The molecule has 0 saturated heterocycles. The lowest BCUT2D eigenvalue weighted by atomic mass is 10.3. The third kappa shape index (κ3) is 1.32. The van der Waals surface area contributed by atoms with Gasteiger partial charge in [0.1, 0.15) is 5.69 Å². The summed E-state index contributed by atoms with van der Waals surface area (Å²) in [6, 6.07) is 0. The summed E-state index contributed by atoms with van der Waals surface area (Å²) in [4.78, 5) is 10.4. The van der Waals surface area contributed by atoms with Gasteiger partial charge in [-0.3, -0.25) is 4.79 Å². The van der Waals surface area contributed by atoms with Crippen LogP contribution in [0.5, 0.6) is 0 Å². The molecule has 1 aromatic heterocycles. The molecular formula is C4H2F2N2OS. The van der Waals surface area contributed by atoms with E-state index in [9.17, 15) is 13.6 Å². The van der Waals surface area contributed by atoms with Crippen LogP contribution in [0.1, 0.15) is 10.5 Å². The van der Waals surface area contributed by atoms with E-state index in [-0.39, 0.29) is 5.69 Å². The van der Waals surface area contributed by atoms with Gasteiger partial charge >= 0.3 is 6.43 Å². The van der Waals surface area contributed by atoms with Gasteiger partial charge in [0, 0.05) is 5.38 Å². The molecule has 1 heterocycles. The molecule has 0 aromatic carbocycles. The van der Waals surface area contributed by atoms with Crippen LogP contribution in [-0.4, -0.2) is 21.8 Å². The monoisotopic (exact) mass is 164 g/mol. The van der Waals surface area contributed by atoms with E-state index < -0.39 is 12.2 Å². The van der Waals surface area contributed by atoms with E-state index in [4.69, 9.17) is 0 Å². The zero-order valence-electron chi connectivity index (χ0n) is 4.62. The maximum absolute atomic E-state index is 11.6. The quantitative estimate of drug-likeness (QED) is 0.612. The molecule has 0 aliphatic heterocycles. The van der Waals surface area contributed by atoms with Crippen LogP contribution in [0, 0.1) is 0 Å². The Labute approximate surface area is 58.8 Å². The lowest BCUT2D eigenvalue weighted by Gasteiger charge is -1.89. The second-order valence-corrected chi connectivity index (χ2v) is 2.06. The first-order valence-corrected chi connectivity index (χ1v) is 3.15. The number of nitrogens with zero attached hydrogens (tertiary/aromatic N) is 2. The SMILES string of the molecule is O=C(c1csnn1)C(F)F. The zero-order chi connectivity index (χ0) is 7.56. The molecule has 54 valence electrons. The van der Waals surface area contributed by atoms with Crippen molar-refractivity contribution in [3.8, 4) is 0 Å². The van der Waals surface area contributed by atoms with Crippen LogP contribution in [0.3, 0.4) is 0 Å².